The van der Waals surface area contributed by atoms with Crippen LogP contribution in [0, 0.1) is 5.92 Å². The SMILES string of the molecule is CCCCCC(=O)NC(CCBr)C(C)C. The number of halogens is 1. The molecule has 1 atom stereocenters. The largest absolute Gasteiger partial charge is 0.353 e. The Bertz CT molecular complexity index is 171. The van der Waals surface area contributed by atoms with Gasteiger partial charge < -0.3 is 5.32 Å². The van der Waals surface area contributed by atoms with Crippen LogP contribution in [0.5, 0.6) is 0 Å². The van der Waals surface area contributed by atoms with Crippen molar-refractivity contribution in [3.8, 4) is 0 Å². The first kappa shape index (κ1) is 14.9. The van der Waals surface area contributed by atoms with Gasteiger partial charge in [0.1, 0.15) is 0 Å². The predicted molar refractivity (Wildman–Crippen MR) is 69.3 cm³/mol. The Morgan fingerprint density at radius 1 is 1.33 bits per heavy atom. The average molecular weight is 278 g/mol. The highest BCUT2D eigenvalue weighted by Crippen LogP contribution is 2.08. The summed E-state index contributed by atoms with van der Waals surface area (Å²) in [6.45, 7) is 6.46. The highest BCUT2D eigenvalue weighted by Gasteiger charge is 2.14. The van der Waals surface area contributed by atoms with Crippen molar-refractivity contribution in [3.63, 3.8) is 0 Å². The lowest BCUT2D eigenvalue weighted by Crippen LogP contribution is -2.38. The summed E-state index contributed by atoms with van der Waals surface area (Å²) in [6, 6.07) is 0.318. The monoisotopic (exact) mass is 277 g/mol. The Morgan fingerprint density at radius 3 is 2.47 bits per heavy atom. The van der Waals surface area contributed by atoms with Gasteiger partial charge in [0.2, 0.25) is 5.91 Å². The van der Waals surface area contributed by atoms with E-state index in [9.17, 15) is 4.79 Å². The van der Waals surface area contributed by atoms with Gasteiger partial charge in [-0.05, 0) is 18.8 Å². The molecule has 0 aromatic rings. The molecule has 1 N–H and O–H groups in total. The Hall–Kier alpha value is -0.0500. The molecular weight excluding hydrogens is 254 g/mol. The number of amides is 1. The van der Waals surface area contributed by atoms with Crippen LogP contribution in [-0.2, 0) is 4.79 Å². The number of unbranched alkanes of at least 4 members (excludes halogenated alkanes) is 2. The average Bonchev–Trinajstić information content (AvgIpc) is 2.17. The van der Waals surface area contributed by atoms with Gasteiger partial charge in [-0.2, -0.15) is 0 Å². The van der Waals surface area contributed by atoms with Crippen LogP contribution < -0.4 is 5.32 Å². The highest BCUT2D eigenvalue weighted by molar-refractivity contribution is 9.09. The van der Waals surface area contributed by atoms with Crippen LogP contribution in [0.3, 0.4) is 0 Å². The Labute approximate surface area is 102 Å². The molecule has 1 unspecified atom stereocenters. The summed E-state index contributed by atoms with van der Waals surface area (Å²) in [4.78, 5) is 11.6. The molecule has 90 valence electrons. The Kier molecular flexibility index (Phi) is 9.17. The number of hydrogen-bond donors (Lipinski definition) is 1. The third kappa shape index (κ3) is 7.83. The third-order valence-corrected chi connectivity index (χ3v) is 3.04. The number of alkyl halides is 1. The number of carbonyl (C=O) groups is 1. The summed E-state index contributed by atoms with van der Waals surface area (Å²) in [5.41, 5.74) is 0. The van der Waals surface area contributed by atoms with Crippen LogP contribution in [-0.4, -0.2) is 17.3 Å². The van der Waals surface area contributed by atoms with Crippen molar-refractivity contribution in [2.75, 3.05) is 5.33 Å². The van der Waals surface area contributed by atoms with E-state index >= 15 is 0 Å². The zero-order valence-corrected chi connectivity index (χ0v) is 11.8. The number of rotatable bonds is 8. The van der Waals surface area contributed by atoms with E-state index in [0.29, 0.717) is 18.4 Å². The molecule has 0 rings (SSSR count). The van der Waals surface area contributed by atoms with E-state index in [-0.39, 0.29) is 5.91 Å². The van der Waals surface area contributed by atoms with E-state index in [1.807, 2.05) is 0 Å². The van der Waals surface area contributed by atoms with Crippen molar-refractivity contribution in [2.24, 2.45) is 5.92 Å². The maximum Gasteiger partial charge on any atom is 0.220 e. The van der Waals surface area contributed by atoms with Gasteiger partial charge in [0.25, 0.3) is 0 Å². The second kappa shape index (κ2) is 9.20. The smallest absolute Gasteiger partial charge is 0.220 e. The van der Waals surface area contributed by atoms with Gasteiger partial charge in [0.05, 0.1) is 0 Å². The maximum atomic E-state index is 11.6. The topological polar surface area (TPSA) is 29.1 Å². The van der Waals surface area contributed by atoms with Gasteiger partial charge in [-0.15, -0.1) is 0 Å². The molecule has 0 saturated carbocycles. The van der Waals surface area contributed by atoms with Gasteiger partial charge in [0.15, 0.2) is 0 Å². The van der Waals surface area contributed by atoms with Gasteiger partial charge in [-0.1, -0.05) is 49.5 Å². The molecule has 0 saturated heterocycles. The van der Waals surface area contributed by atoms with Gasteiger partial charge >= 0.3 is 0 Å². The molecule has 0 aromatic carbocycles. The van der Waals surface area contributed by atoms with Gasteiger partial charge in [-0.3, -0.25) is 4.79 Å². The van der Waals surface area contributed by atoms with E-state index in [2.05, 4.69) is 42.0 Å². The molecule has 0 aliphatic heterocycles. The molecule has 15 heavy (non-hydrogen) atoms. The molecule has 0 aliphatic carbocycles. The molecular formula is C12H24BrNO. The molecule has 0 aromatic heterocycles. The van der Waals surface area contributed by atoms with Crippen LogP contribution in [0.15, 0.2) is 0 Å². The summed E-state index contributed by atoms with van der Waals surface area (Å²) in [5, 5.41) is 4.06. The lowest BCUT2D eigenvalue weighted by molar-refractivity contribution is -0.122. The van der Waals surface area contributed by atoms with Crippen molar-refractivity contribution in [1.29, 1.82) is 0 Å². The summed E-state index contributed by atoms with van der Waals surface area (Å²) in [5.74, 6) is 0.723. The first-order valence-electron chi connectivity index (χ1n) is 5.97. The highest BCUT2D eigenvalue weighted by atomic mass is 79.9. The van der Waals surface area contributed by atoms with E-state index in [4.69, 9.17) is 0 Å². The lowest BCUT2D eigenvalue weighted by atomic mass is 10.0. The molecule has 0 fully saturated rings. The maximum absolute atomic E-state index is 11.6. The Morgan fingerprint density at radius 2 is 2.00 bits per heavy atom. The van der Waals surface area contributed by atoms with Crippen LogP contribution >= 0.6 is 15.9 Å². The summed E-state index contributed by atoms with van der Waals surface area (Å²) >= 11 is 3.42. The third-order valence-electron chi connectivity index (χ3n) is 2.58. The second-order valence-corrected chi connectivity index (χ2v) is 5.15. The molecule has 0 spiro atoms. The fourth-order valence-corrected chi connectivity index (χ4v) is 2.00. The molecule has 3 heteroatoms. The van der Waals surface area contributed by atoms with Crippen molar-refractivity contribution in [3.05, 3.63) is 0 Å². The first-order chi connectivity index (χ1) is 7.11. The number of nitrogens with one attached hydrogen (secondary N) is 1. The van der Waals surface area contributed by atoms with Crippen molar-refractivity contribution < 1.29 is 4.79 Å². The van der Waals surface area contributed by atoms with E-state index < -0.39 is 0 Å². The first-order valence-corrected chi connectivity index (χ1v) is 7.09. The van der Waals surface area contributed by atoms with Crippen molar-refractivity contribution in [1.82, 2.24) is 5.32 Å². The molecule has 0 radical (unpaired) electrons. The molecule has 0 heterocycles. The van der Waals surface area contributed by atoms with E-state index in [1.54, 1.807) is 0 Å². The van der Waals surface area contributed by atoms with Crippen molar-refractivity contribution >= 4 is 21.8 Å². The summed E-state index contributed by atoms with van der Waals surface area (Å²) in [6.07, 6.45) is 5.03. The number of carbonyl (C=O) groups excluding carboxylic acids is 1. The van der Waals surface area contributed by atoms with Crippen LogP contribution in [0.1, 0.15) is 52.9 Å². The standard InChI is InChI=1S/C12H24BrNO/c1-4-5-6-7-12(15)14-11(8-9-13)10(2)3/h10-11H,4-9H2,1-3H3,(H,14,15). The minimum absolute atomic E-state index is 0.211. The van der Waals surface area contributed by atoms with Crippen LogP contribution in [0.4, 0.5) is 0 Å². The fourth-order valence-electron chi connectivity index (χ4n) is 1.50. The quantitative estimate of drug-likeness (QED) is 0.534. The molecule has 1 amide bonds. The molecule has 2 nitrogen and oxygen atoms in total. The summed E-state index contributed by atoms with van der Waals surface area (Å²) < 4.78 is 0. The second-order valence-electron chi connectivity index (χ2n) is 4.35. The predicted octanol–water partition coefficient (Wildman–Crippen LogP) is 3.49. The minimum Gasteiger partial charge on any atom is -0.353 e. The fraction of sp³-hybridized carbons (Fsp3) is 0.917. The summed E-state index contributed by atoms with van der Waals surface area (Å²) in [7, 11) is 0. The van der Waals surface area contributed by atoms with Crippen LogP contribution in [0.25, 0.3) is 0 Å². The van der Waals surface area contributed by atoms with Gasteiger partial charge in [-0.25, -0.2) is 0 Å². The lowest BCUT2D eigenvalue weighted by Gasteiger charge is -2.21. The minimum atomic E-state index is 0.211. The van der Waals surface area contributed by atoms with E-state index in [1.165, 1.54) is 6.42 Å². The molecule has 0 bridgehead atoms. The zero-order valence-electron chi connectivity index (χ0n) is 10.2. The van der Waals surface area contributed by atoms with E-state index in [0.717, 1.165) is 24.6 Å². The Balaban J connectivity index is 3.78. The van der Waals surface area contributed by atoms with Crippen LogP contribution in [0.2, 0.25) is 0 Å². The molecule has 0 aliphatic rings. The van der Waals surface area contributed by atoms with Crippen molar-refractivity contribution in [2.45, 2.75) is 58.9 Å². The van der Waals surface area contributed by atoms with Gasteiger partial charge in [0, 0.05) is 17.8 Å². The number of hydrogen-bond acceptors (Lipinski definition) is 1. The normalized spacial score (nSPS) is 12.9. The zero-order chi connectivity index (χ0) is 11.7.